The van der Waals surface area contributed by atoms with Crippen molar-refractivity contribution in [2.45, 2.75) is 27.2 Å². The third-order valence-electron chi connectivity index (χ3n) is 3.84. The van der Waals surface area contributed by atoms with Gasteiger partial charge in [-0.1, -0.05) is 6.07 Å². The first-order valence-corrected chi connectivity index (χ1v) is 8.60. The van der Waals surface area contributed by atoms with Crippen molar-refractivity contribution in [3.63, 3.8) is 0 Å². The molecule has 0 atom stereocenters. The maximum Gasteiger partial charge on any atom is 0.387 e. The Bertz CT molecular complexity index is 1000. The van der Waals surface area contributed by atoms with Gasteiger partial charge < -0.3 is 14.8 Å². The summed E-state index contributed by atoms with van der Waals surface area (Å²) in [5, 5.41) is 6.47. The molecule has 0 spiro atoms. The normalized spacial score (nSPS) is 10.8. The smallest absolute Gasteiger partial charge is 0.387 e. The zero-order valence-electron chi connectivity index (χ0n) is 15.7. The van der Waals surface area contributed by atoms with E-state index in [1.807, 2.05) is 32.0 Å². The number of hydrogen-bond acceptors (Lipinski definition) is 4. The van der Waals surface area contributed by atoms with Crippen LogP contribution in [-0.4, -0.2) is 22.3 Å². The van der Waals surface area contributed by atoms with Crippen LogP contribution in [-0.2, 0) is 6.73 Å². The van der Waals surface area contributed by atoms with Crippen LogP contribution >= 0.6 is 0 Å². The highest BCUT2D eigenvalue weighted by Crippen LogP contribution is 2.27. The summed E-state index contributed by atoms with van der Waals surface area (Å²) < 4.78 is 49.6. The van der Waals surface area contributed by atoms with Gasteiger partial charge in [-0.2, -0.15) is 13.9 Å². The maximum absolute atomic E-state index is 13.3. The van der Waals surface area contributed by atoms with E-state index in [2.05, 4.69) is 15.2 Å². The SMILES string of the molecule is Cc1cc(C)cc(OCn2ccc(C(=O)Nc3ccc(F)cc3OC(F)F)n2)c1. The minimum absolute atomic E-state index is 0.0290. The molecule has 6 nitrogen and oxygen atoms in total. The van der Waals surface area contributed by atoms with E-state index in [-0.39, 0.29) is 18.1 Å². The average molecular weight is 405 g/mol. The fourth-order valence-electron chi connectivity index (χ4n) is 2.69. The first-order valence-electron chi connectivity index (χ1n) is 8.60. The highest BCUT2D eigenvalue weighted by molar-refractivity contribution is 6.03. The third-order valence-corrected chi connectivity index (χ3v) is 3.84. The maximum atomic E-state index is 13.3. The van der Waals surface area contributed by atoms with Crippen molar-refractivity contribution in [1.29, 1.82) is 0 Å². The summed E-state index contributed by atoms with van der Waals surface area (Å²) in [6.45, 7) is 0.830. The Morgan fingerprint density at radius 2 is 1.86 bits per heavy atom. The van der Waals surface area contributed by atoms with E-state index >= 15 is 0 Å². The number of rotatable bonds is 7. The lowest BCUT2D eigenvalue weighted by atomic mass is 10.1. The molecule has 0 bridgehead atoms. The second-order valence-corrected chi connectivity index (χ2v) is 6.31. The van der Waals surface area contributed by atoms with E-state index < -0.39 is 24.1 Å². The zero-order valence-corrected chi connectivity index (χ0v) is 15.7. The van der Waals surface area contributed by atoms with Crippen molar-refractivity contribution in [1.82, 2.24) is 9.78 Å². The van der Waals surface area contributed by atoms with Crippen molar-refractivity contribution >= 4 is 11.6 Å². The monoisotopic (exact) mass is 405 g/mol. The van der Waals surface area contributed by atoms with Crippen LogP contribution in [0.5, 0.6) is 11.5 Å². The summed E-state index contributed by atoms with van der Waals surface area (Å²) in [6.07, 6.45) is 1.54. The highest BCUT2D eigenvalue weighted by atomic mass is 19.3. The number of halogens is 3. The molecule has 0 aliphatic heterocycles. The highest BCUT2D eigenvalue weighted by Gasteiger charge is 2.16. The number of amides is 1. The molecule has 29 heavy (non-hydrogen) atoms. The van der Waals surface area contributed by atoms with E-state index in [0.717, 1.165) is 29.3 Å². The number of nitrogens with one attached hydrogen (secondary N) is 1. The quantitative estimate of drug-likeness (QED) is 0.627. The van der Waals surface area contributed by atoms with Crippen LogP contribution in [0.15, 0.2) is 48.7 Å². The summed E-state index contributed by atoms with van der Waals surface area (Å²) in [5.74, 6) is -1.25. The lowest BCUT2D eigenvalue weighted by Crippen LogP contribution is -2.15. The number of benzene rings is 2. The molecule has 1 N–H and O–H groups in total. The number of carbonyl (C=O) groups excluding carboxylic acids is 1. The van der Waals surface area contributed by atoms with Crippen LogP contribution in [0.3, 0.4) is 0 Å². The fraction of sp³-hybridized carbons (Fsp3) is 0.200. The predicted molar refractivity (Wildman–Crippen MR) is 99.8 cm³/mol. The molecular weight excluding hydrogens is 387 g/mol. The van der Waals surface area contributed by atoms with Crippen LogP contribution in [0.2, 0.25) is 0 Å². The van der Waals surface area contributed by atoms with E-state index in [1.165, 1.54) is 10.7 Å². The Kier molecular flexibility index (Phi) is 6.06. The average Bonchev–Trinajstić information content (AvgIpc) is 3.10. The van der Waals surface area contributed by atoms with Gasteiger partial charge in [0.1, 0.15) is 11.6 Å². The number of anilines is 1. The molecule has 9 heteroatoms. The number of ether oxygens (including phenoxy) is 2. The van der Waals surface area contributed by atoms with Crippen LogP contribution in [0.4, 0.5) is 18.9 Å². The lowest BCUT2D eigenvalue weighted by molar-refractivity contribution is -0.0495. The van der Waals surface area contributed by atoms with E-state index in [9.17, 15) is 18.0 Å². The van der Waals surface area contributed by atoms with Gasteiger partial charge in [0.2, 0.25) is 0 Å². The van der Waals surface area contributed by atoms with Crippen LogP contribution in [0.1, 0.15) is 21.6 Å². The van der Waals surface area contributed by atoms with Crippen molar-refractivity contribution < 1.29 is 27.4 Å². The summed E-state index contributed by atoms with van der Waals surface area (Å²) in [5.41, 5.74) is 2.04. The van der Waals surface area contributed by atoms with Gasteiger partial charge in [-0.05, 0) is 55.3 Å². The number of hydrogen-bond donors (Lipinski definition) is 1. The molecule has 0 aliphatic rings. The minimum atomic E-state index is -3.16. The standard InChI is InChI=1S/C20H18F3N3O3/c1-12-7-13(2)9-15(8-12)28-11-26-6-5-17(25-26)19(27)24-16-4-3-14(21)10-18(16)29-20(22)23/h3-10,20H,11H2,1-2H3,(H,24,27). The molecule has 2 aromatic carbocycles. The zero-order chi connectivity index (χ0) is 21.0. The van der Waals surface area contributed by atoms with Crippen LogP contribution < -0.4 is 14.8 Å². The van der Waals surface area contributed by atoms with Crippen molar-refractivity contribution in [3.05, 3.63) is 71.3 Å². The van der Waals surface area contributed by atoms with Crippen LogP contribution in [0.25, 0.3) is 0 Å². The fourth-order valence-corrected chi connectivity index (χ4v) is 2.69. The Hall–Kier alpha value is -3.49. The van der Waals surface area contributed by atoms with E-state index in [4.69, 9.17) is 4.74 Å². The number of carbonyl (C=O) groups is 1. The molecule has 0 unspecified atom stereocenters. The third kappa shape index (κ3) is 5.50. The topological polar surface area (TPSA) is 65.4 Å². The first-order chi connectivity index (χ1) is 13.8. The first kappa shape index (κ1) is 20.2. The second kappa shape index (κ2) is 8.68. The number of nitrogens with zero attached hydrogens (tertiary/aromatic N) is 2. The summed E-state index contributed by atoms with van der Waals surface area (Å²) in [4.78, 5) is 12.3. The Morgan fingerprint density at radius 3 is 2.55 bits per heavy atom. The molecule has 1 amide bonds. The van der Waals surface area contributed by atoms with Crippen molar-refractivity contribution in [2.24, 2.45) is 0 Å². The summed E-state index contributed by atoms with van der Waals surface area (Å²) >= 11 is 0. The van der Waals surface area contributed by atoms with E-state index in [0.29, 0.717) is 5.75 Å². The number of alkyl halides is 2. The molecule has 152 valence electrons. The van der Waals surface area contributed by atoms with Gasteiger partial charge in [0, 0.05) is 12.3 Å². The van der Waals surface area contributed by atoms with Gasteiger partial charge >= 0.3 is 6.61 Å². The second-order valence-electron chi connectivity index (χ2n) is 6.31. The molecule has 3 rings (SSSR count). The Morgan fingerprint density at radius 1 is 1.14 bits per heavy atom. The van der Waals surface area contributed by atoms with Gasteiger partial charge in [0.05, 0.1) is 5.69 Å². The van der Waals surface area contributed by atoms with Gasteiger partial charge in [-0.3, -0.25) is 4.79 Å². The Labute approximate surface area is 164 Å². The molecule has 0 saturated heterocycles. The number of aryl methyl sites for hydroxylation is 2. The van der Waals surface area contributed by atoms with Gasteiger partial charge in [0.25, 0.3) is 5.91 Å². The summed E-state index contributed by atoms with van der Waals surface area (Å²) in [7, 11) is 0. The number of aromatic nitrogens is 2. The predicted octanol–water partition coefficient (Wildman–Crippen LogP) is 4.53. The largest absolute Gasteiger partial charge is 0.471 e. The van der Waals surface area contributed by atoms with Crippen molar-refractivity contribution in [3.8, 4) is 11.5 Å². The van der Waals surface area contributed by atoms with Crippen molar-refractivity contribution in [2.75, 3.05) is 5.32 Å². The molecule has 0 saturated carbocycles. The minimum Gasteiger partial charge on any atom is -0.471 e. The molecule has 3 aromatic rings. The molecular formula is C20H18F3N3O3. The molecule has 0 aliphatic carbocycles. The lowest BCUT2D eigenvalue weighted by Gasteiger charge is -2.11. The van der Waals surface area contributed by atoms with Crippen LogP contribution in [0, 0.1) is 19.7 Å². The molecule has 0 radical (unpaired) electrons. The molecule has 0 fully saturated rings. The molecule has 1 aromatic heterocycles. The van der Waals surface area contributed by atoms with E-state index in [1.54, 1.807) is 6.20 Å². The molecule has 1 heterocycles. The Balaban J connectivity index is 1.66. The van der Waals surface area contributed by atoms with Gasteiger partial charge in [0.15, 0.2) is 18.2 Å². The summed E-state index contributed by atoms with van der Waals surface area (Å²) in [6, 6.07) is 10.1. The van der Waals surface area contributed by atoms with Gasteiger partial charge in [-0.15, -0.1) is 0 Å². The van der Waals surface area contributed by atoms with Gasteiger partial charge in [-0.25, -0.2) is 9.07 Å².